The van der Waals surface area contributed by atoms with Crippen LogP contribution in [0.2, 0.25) is 0 Å². The molecule has 4 N–H and O–H groups in total. The van der Waals surface area contributed by atoms with Gasteiger partial charge in [0, 0.05) is 32.1 Å². The number of methoxy groups -OCH3 is 1. The van der Waals surface area contributed by atoms with Gasteiger partial charge in [-0.3, -0.25) is 4.79 Å². The highest BCUT2D eigenvalue weighted by atomic mass is 16.5. The van der Waals surface area contributed by atoms with Crippen molar-refractivity contribution in [3.8, 4) is 0 Å². The Morgan fingerprint density at radius 3 is 2.94 bits per heavy atom. The van der Waals surface area contributed by atoms with Crippen molar-refractivity contribution in [1.29, 1.82) is 0 Å². The molecule has 5 nitrogen and oxygen atoms in total. The molecule has 0 spiro atoms. The Bertz CT molecular complexity index is 396. The van der Waals surface area contributed by atoms with Crippen LogP contribution in [-0.4, -0.2) is 31.2 Å². The number of rotatable bonds is 6. The van der Waals surface area contributed by atoms with Crippen LogP contribution in [0.5, 0.6) is 0 Å². The molecule has 1 amide bonds. The fourth-order valence-electron chi connectivity index (χ4n) is 1.92. The number of hydrogen-bond acceptors (Lipinski definition) is 3. The minimum absolute atomic E-state index is 0.0922. The van der Waals surface area contributed by atoms with Crippen LogP contribution in [0.25, 0.3) is 0 Å². The van der Waals surface area contributed by atoms with Crippen LogP contribution in [0.4, 0.5) is 5.69 Å². The largest absolute Gasteiger partial charge is 0.397 e. The first kappa shape index (κ1) is 12.0. The maximum atomic E-state index is 11.8. The van der Waals surface area contributed by atoms with Gasteiger partial charge >= 0.3 is 0 Å². The van der Waals surface area contributed by atoms with Crippen molar-refractivity contribution in [2.24, 2.45) is 5.41 Å². The maximum absolute atomic E-state index is 11.8. The molecule has 1 aromatic heterocycles. The molecule has 0 unspecified atom stereocenters. The molecule has 1 heterocycles. The number of aromatic amines is 1. The lowest BCUT2D eigenvalue weighted by atomic mass is 10.0. The number of anilines is 1. The second-order valence-electron chi connectivity index (χ2n) is 4.77. The Hall–Kier alpha value is -1.49. The van der Waals surface area contributed by atoms with Gasteiger partial charge in [0.15, 0.2) is 0 Å². The van der Waals surface area contributed by atoms with E-state index in [0.717, 1.165) is 13.0 Å². The molecule has 2 rings (SSSR count). The molecule has 1 fully saturated rings. The van der Waals surface area contributed by atoms with Crippen molar-refractivity contribution in [2.75, 3.05) is 26.0 Å². The van der Waals surface area contributed by atoms with Crippen molar-refractivity contribution in [3.63, 3.8) is 0 Å². The maximum Gasteiger partial charge on any atom is 0.267 e. The smallest absolute Gasteiger partial charge is 0.267 e. The highest BCUT2D eigenvalue weighted by Crippen LogP contribution is 2.48. The van der Waals surface area contributed by atoms with Gasteiger partial charge in [-0.1, -0.05) is 0 Å². The lowest BCUT2D eigenvalue weighted by Gasteiger charge is -2.14. The Balaban J connectivity index is 1.80. The molecule has 17 heavy (non-hydrogen) atoms. The van der Waals surface area contributed by atoms with Gasteiger partial charge in [-0.2, -0.15) is 0 Å². The van der Waals surface area contributed by atoms with Gasteiger partial charge < -0.3 is 20.8 Å². The molecule has 0 radical (unpaired) electrons. The summed E-state index contributed by atoms with van der Waals surface area (Å²) in [5.41, 5.74) is 6.91. The second kappa shape index (κ2) is 4.79. The van der Waals surface area contributed by atoms with Crippen molar-refractivity contribution < 1.29 is 9.53 Å². The molecule has 1 aromatic rings. The van der Waals surface area contributed by atoms with Crippen LogP contribution >= 0.6 is 0 Å². The molecule has 0 aromatic carbocycles. The van der Waals surface area contributed by atoms with Crippen molar-refractivity contribution in [3.05, 3.63) is 18.0 Å². The third-order valence-electron chi connectivity index (χ3n) is 3.37. The Morgan fingerprint density at radius 1 is 1.65 bits per heavy atom. The molecule has 0 atom stereocenters. The average Bonchev–Trinajstić information content (AvgIpc) is 2.97. The predicted molar refractivity (Wildman–Crippen MR) is 65.7 cm³/mol. The number of nitrogens with two attached hydrogens (primary N) is 1. The summed E-state index contributed by atoms with van der Waals surface area (Å²) < 4.78 is 5.08. The second-order valence-corrected chi connectivity index (χ2v) is 4.77. The molecule has 1 aliphatic carbocycles. The van der Waals surface area contributed by atoms with Crippen molar-refractivity contribution in [1.82, 2.24) is 10.3 Å². The summed E-state index contributed by atoms with van der Waals surface area (Å²) in [5.74, 6) is -0.0922. The molecule has 1 aliphatic rings. The molecule has 5 heteroatoms. The summed E-state index contributed by atoms with van der Waals surface area (Å²) in [7, 11) is 1.70. The van der Waals surface area contributed by atoms with Crippen molar-refractivity contribution >= 4 is 11.6 Å². The van der Waals surface area contributed by atoms with E-state index in [1.807, 2.05) is 0 Å². The van der Waals surface area contributed by atoms with E-state index in [0.29, 0.717) is 17.9 Å². The minimum Gasteiger partial charge on any atom is -0.397 e. The topological polar surface area (TPSA) is 80.1 Å². The molecule has 0 saturated heterocycles. The SMILES string of the molecule is COCCC1(CNC(=O)c2cc(N)c[nH]2)CC1. The summed E-state index contributed by atoms with van der Waals surface area (Å²) in [6.07, 6.45) is 4.97. The number of carbonyl (C=O) groups is 1. The van der Waals surface area contributed by atoms with Crippen LogP contribution in [-0.2, 0) is 4.74 Å². The van der Waals surface area contributed by atoms with Gasteiger partial charge in [-0.05, 0) is 30.7 Å². The summed E-state index contributed by atoms with van der Waals surface area (Å²) in [6, 6.07) is 1.64. The summed E-state index contributed by atoms with van der Waals surface area (Å²) in [4.78, 5) is 14.6. The molecular formula is C12H19N3O2. The van der Waals surface area contributed by atoms with Crippen LogP contribution < -0.4 is 11.1 Å². The van der Waals surface area contributed by atoms with Crippen LogP contribution in [0, 0.1) is 5.41 Å². The highest BCUT2D eigenvalue weighted by Gasteiger charge is 2.42. The number of carbonyl (C=O) groups excluding carboxylic acids is 1. The normalized spacial score (nSPS) is 16.8. The van der Waals surface area contributed by atoms with E-state index in [2.05, 4.69) is 10.3 Å². The molecule has 0 aliphatic heterocycles. The summed E-state index contributed by atoms with van der Waals surface area (Å²) in [5, 5.41) is 2.94. The van der Waals surface area contributed by atoms with Crippen LogP contribution in [0.1, 0.15) is 29.8 Å². The lowest BCUT2D eigenvalue weighted by molar-refractivity contribution is 0.0933. The number of hydrogen-bond donors (Lipinski definition) is 3. The molecular weight excluding hydrogens is 218 g/mol. The molecule has 0 bridgehead atoms. The van der Waals surface area contributed by atoms with Gasteiger partial charge in [0.2, 0.25) is 0 Å². The summed E-state index contributed by atoms with van der Waals surface area (Å²) >= 11 is 0. The fourth-order valence-corrected chi connectivity index (χ4v) is 1.92. The minimum atomic E-state index is -0.0922. The standard InChI is InChI=1S/C12H19N3O2/c1-17-5-4-12(2-3-12)8-15-11(16)10-6-9(13)7-14-10/h6-7,14H,2-5,8,13H2,1H3,(H,15,16). The van der Waals surface area contributed by atoms with Gasteiger partial charge in [-0.25, -0.2) is 0 Å². The van der Waals surface area contributed by atoms with Gasteiger partial charge in [0.1, 0.15) is 5.69 Å². The third kappa shape index (κ3) is 3.00. The fraction of sp³-hybridized carbons (Fsp3) is 0.583. The number of amides is 1. The number of nitrogens with one attached hydrogen (secondary N) is 2. The zero-order chi connectivity index (χ0) is 12.3. The first-order valence-corrected chi connectivity index (χ1v) is 5.86. The van der Waals surface area contributed by atoms with Crippen LogP contribution in [0.3, 0.4) is 0 Å². The Morgan fingerprint density at radius 2 is 2.41 bits per heavy atom. The number of aromatic nitrogens is 1. The highest BCUT2D eigenvalue weighted by molar-refractivity contribution is 5.93. The van der Waals surface area contributed by atoms with E-state index in [9.17, 15) is 4.79 Å². The van der Waals surface area contributed by atoms with E-state index < -0.39 is 0 Å². The Kier molecular flexibility index (Phi) is 3.38. The predicted octanol–water partition coefficient (Wildman–Crippen LogP) is 1.14. The Labute approximate surface area is 101 Å². The van der Waals surface area contributed by atoms with E-state index in [4.69, 9.17) is 10.5 Å². The van der Waals surface area contributed by atoms with E-state index >= 15 is 0 Å². The van der Waals surface area contributed by atoms with E-state index in [1.165, 1.54) is 12.8 Å². The summed E-state index contributed by atoms with van der Waals surface area (Å²) in [6.45, 7) is 1.47. The zero-order valence-electron chi connectivity index (χ0n) is 10.1. The average molecular weight is 237 g/mol. The first-order valence-electron chi connectivity index (χ1n) is 5.86. The third-order valence-corrected chi connectivity index (χ3v) is 3.37. The molecule has 1 saturated carbocycles. The number of nitrogen functional groups attached to an aromatic ring is 1. The monoisotopic (exact) mass is 237 g/mol. The number of ether oxygens (including phenoxy) is 1. The zero-order valence-corrected chi connectivity index (χ0v) is 10.1. The van der Waals surface area contributed by atoms with Gasteiger partial charge in [0.05, 0.1) is 0 Å². The first-order chi connectivity index (χ1) is 8.15. The lowest BCUT2D eigenvalue weighted by Crippen LogP contribution is -2.31. The van der Waals surface area contributed by atoms with Crippen LogP contribution in [0.15, 0.2) is 12.3 Å². The van der Waals surface area contributed by atoms with Crippen molar-refractivity contribution in [2.45, 2.75) is 19.3 Å². The van der Waals surface area contributed by atoms with E-state index in [-0.39, 0.29) is 11.3 Å². The van der Waals surface area contributed by atoms with Gasteiger partial charge in [0.25, 0.3) is 5.91 Å². The van der Waals surface area contributed by atoms with Gasteiger partial charge in [-0.15, -0.1) is 0 Å². The van der Waals surface area contributed by atoms with E-state index in [1.54, 1.807) is 19.4 Å². The quantitative estimate of drug-likeness (QED) is 0.694. The molecule has 94 valence electrons. The number of H-pyrrole nitrogens is 1.